The standard InChI is InChI=1S/C17H27N3/c18-10-12-20(16-8-9-16)14-17-7-4-11-19(17)13-15-5-2-1-3-6-15/h1-3,5-6,16-17H,4,7-14,18H2. The Bertz CT molecular complexity index is 402. The first kappa shape index (κ1) is 14.1. The van der Waals surface area contributed by atoms with Crippen LogP contribution in [0.1, 0.15) is 31.2 Å². The maximum Gasteiger partial charge on any atom is 0.0237 e. The van der Waals surface area contributed by atoms with Crippen LogP contribution >= 0.6 is 0 Å². The first-order chi connectivity index (χ1) is 9.86. The molecule has 2 fully saturated rings. The quantitative estimate of drug-likeness (QED) is 0.825. The topological polar surface area (TPSA) is 32.5 Å². The summed E-state index contributed by atoms with van der Waals surface area (Å²) in [5.74, 6) is 0. The molecule has 20 heavy (non-hydrogen) atoms. The van der Waals surface area contributed by atoms with E-state index in [9.17, 15) is 0 Å². The average Bonchev–Trinajstić information content (AvgIpc) is 3.23. The molecule has 0 bridgehead atoms. The van der Waals surface area contributed by atoms with Gasteiger partial charge in [-0.05, 0) is 37.8 Å². The molecule has 1 atom stereocenters. The number of likely N-dealkylation sites (tertiary alicyclic amines) is 1. The molecule has 1 aliphatic heterocycles. The highest BCUT2D eigenvalue weighted by Gasteiger charge is 2.33. The zero-order valence-electron chi connectivity index (χ0n) is 12.4. The minimum atomic E-state index is 0.724. The summed E-state index contributed by atoms with van der Waals surface area (Å²) in [7, 11) is 0. The van der Waals surface area contributed by atoms with Crippen LogP contribution in [0.2, 0.25) is 0 Å². The smallest absolute Gasteiger partial charge is 0.0237 e. The molecule has 0 spiro atoms. The third-order valence-corrected chi connectivity index (χ3v) is 4.65. The maximum absolute atomic E-state index is 5.77. The lowest BCUT2D eigenvalue weighted by Gasteiger charge is -2.30. The van der Waals surface area contributed by atoms with Crippen LogP contribution in [0.4, 0.5) is 0 Å². The van der Waals surface area contributed by atoms with Crippen molar-refractivity contribution in [2.45, 2.75) is 44.3 Å². The first-order valence-corrected chi connectivity index (χ1v) is 8.09. The molecule has 1 aliphatic carbocycles. The van der Waals surface area contributed by atoms with E-state index in [2.05, 4.69) is 40.1 Å². The van der Waals surface area contributed by atoms with Crippen LogP contribution in [-0.2, 0) is 6.54 Å². The molecule has 0 aromatic heterocycles. The molecule has 110 valence electrons. The van der Waals surface area contributed by atoms with E-state index >= 15 is 0 Å². The lowest BCUT2D eigenvalue weighted by Crippen LogP contribution is -2.42. The zero-order chi connectivity index (χ0) is 13.8. The van der Waals surface area contributed by atoms with Crippen LogP contribution in [-0.4, -0.2) is 48.1 Å². The van der Waals surface area contributed by atoms with Crippen LogP contribution in [0.3, 0.4) is 0 Å². The second-order valence-corrected chi connectivity index (χ2v) is 6.27. The molecule has 3 rings (SSSR count). The van der Waals surface area contributed by atoms with Gasteiger partial charge in [-0.25, -0.2) is 0 Å². The summed E-state index contributed by atoms with van der Waals surface area (Å²) in [6.07, 6.45) is 5.45. The molecule has 1 heterocycles. The number of benzene rings is 1. The predicted octanol–water partition coefficient (Wildman–Crippen LogP) is 2.07. The third kappa shape index (κ3) is 3.60. The summed E-state index contributed by atoms with van der Waals surface area (Å²) in [4.78, 5) is 5.30. The molecule has 0 amide bonds. The molecule has 3 heteroatoms. The number of hydrogen-bond acceptors (Lipinski definition) is 3. The van der Waals surface area contributed by atoms with Crippen molar-refractivity contribution < 1.29 is 0 Å². The van der Waals surface area contributed by atoms with E-state index < -0.39 is 0 Å². The molecule has 1 aromatic carbocycles. The Labute approximate surface area is 122 Å². The minimum absolute atomic E-state index is 0.724. The molecular formula is C17H27N3. The average molecular weight is 273 g/mol. The Morgan fingerprint density at radius 2 is 1.95 bits per heavy atom. The number of nitrogens with zero attached hydrogens (tertiary/aromatic N) is 2. The molecule has 1 saturated heterocycles. The van der Waals surface area contributed by atoms with Crippen molar-refractivity contribution in [3.05, 3.63) is 35.9 Å². The fraction of sp³-hybridized carbons (Fsp3) is 0.647. The van der Waals surface area contributed by atoms with E-state index in [1.165, 1.54) is 44.3 Å². The zero-order valence-corrected chi connectivity index (χ0v) is 12.4. The van der Waals surface area contributed by atoms with Gasteiger partial charge in [-0.1, -0.05) is 30.3 Å². The third-order valence-electron chi connectivity index (χ3n) is 4.65. The van der Waals surface area contributed by atoms with Crippen LogP contribution in [0.15, 0.2) is 30.3 Å². The van der Waals surface area contributed by atoms with Gasteiger partial charge in [0.15, 0.2) is 0 Å². The first-order valence-electron chi connectivity index (χ1n) is 8.09. The number of nitrogens with two attached hydrogens (primary N) is 1. The Kier molecular flexibility index (Phi) is 4.71. The van der Waals surface area contributed by atoms with Crippen LogP contribution in [0.5, 0.6) is 0 Å². The molecule has 2 N–H and O–H groups in total. The number of hydrogen-bond donors (Lipinski definition) is 1. The van der Waals surface area contributed by atoms with Crippen LogP contribution < -0.4 is 5.73 Å². The largest absolute Gasteiger partial charge is 0.329 e. The summed E-state index contributed by atoms with van der Waals surface area (Å²) >= 11 is 0. The van der Waals surface area contributed by atoms with Gasteiger partial charge in [-0.2, -0.15) is 0 Å². The van der Waals surface area contributed by atoms with Crippen molar-refractivity contribution in [1.29, 1.82) is 0 Å². The summed E-state index contributed by atoms with van der Waals surface area (Å²) < 4.78 is 0. The Balaban J connectivity index is 1.57. The summed E-state index contributed by atoms with van der Waals surface area (Å²) in [6, 6.07) is 12.4. The van der Waals surface area contributed by atoms with E-state index in [0.717, 1.165) is 31.7 Å². The van der Waals surface area contributed by atoms with Crippen molar-refractivity contribution in [3.8, 4) is 0 Å². The molecular weight excluding hydrogens is 246 g/mol. The van der Waals surface area contributed by atoms with Gasteiger partial charge in [0.1, 0.15) is 0 Å². The normalized spacial score (nSPS) is 23.6. The summed E-state index contributed by atoms with van der Waals surface area (Å²) in [5.41, 5.74) is 7.21. The lowest BCUT2D eigenvalue weighted by atomic mass is 10.1. The monoisotopic (exact) mass is 273 g/mol. The lowest BCUT2D eigenvalue weighted by molar-refractivity contribution is 0.163. The fourth-order valence-electron chi connectivity index (χ4n) is 3.43. The van der Waals surface area contributed by atoms with Gasteiger partial charge in [-0.3, -0.25) is 9.80 Å². The van der Waals surface area contributed by atoms with Crippen LogP contribution in [0, 0.1) is 0 Å². The van der Waals surface area contributed by atoms with Crippen molar-refractivity contribution in [3.63, 3.8) is 0 Å². The van der Waals surface area contributed by atoms with E-state index in [0.29, 0.717) is 0 Å². The van der Waals surface area contributed by atoms with Crippen molar-refractivity contribution in [2.24, 2.45) is 5.73 Å². The second-order valence-electron chi connectivity index (χ2n) is 6.27. The van der Waals surface area contributed by atoms with Crippen molar-refractivity contribution in [2.75, 3.05) is 26.2 Å². The molecule has 2 aliphatic rings. The highest BCUT2D eigenvalue weighted by Crippen LogP contribution is 2.29. The Hall–Kier alpha value is -0.900. The second kappa shape index (κ2) is 6.70. The van der Waals surface area contributed by atoms with Gasteiger partial charge >= 0.3 is 0 Å². The molecule has 1 saturated carbocycles. The van der Waals surface area contributed by atoms with Crippen molar-refractivity contribution >= 4 is 0 Å². The van der Waals surface area contributed by atoms with Crippen molar-refractivity contribution in [1.82, 2.24) is 9.80 Å². The van der Waals surface area contributed by atoms with E-state index in [1.807, 2.05) is 0 Å². The summed E-state index contributed by atoms with van der Waals surface area (Å²) in [5, 5.41) is 0. The molecule has 3 nitrogen and oxygen atoms in total. The predicted molar refractivity (Wildman–Crippen MR) is 83.5 cm³/mol. The maximum atomic E-state index is 5.77. The minimum Gasteiger partial charge on any atom is -0.329 e. The molecule has 1 unspecified atom stereocenters. The van der Waals surface area contributed by atoms with E-state index in [1.54, 1.807) is 0 Å². The van der Waals surface area contributed by atoms with Gasteiger partial charge in [0, 0.05) is 38.3 Å². The highest BCUT2D eigenvalue weighted by molar-refractivity contribution is 5.14. The highest BCUT2D eigenvalue weighted by atomic mass is 15.3. The van der Waals surface area contributed by atoms with Gasteiger partial charge in [0.25, 0.3) is 0 Å². The number of rotatable bonds is 7. The SMILES string of the molecule is NCCN(CC1CCCN1Cc1ccccc1)C1CC1. The van der Waals surface area contributed by atoms with E-state index in [-0.39, 0.29) is 0 Å². The van der Waals surface area contributed by atoms with Gasteiger partial charge in [0.05, 0.1) is 0 Å². The summed E-state index contributed by atoms with van der Waals surface area (Å²) in [6.45, 7) is 5.43. The Morgan fingerprint density at radius 1 is 1.15 bits per heavy atom. The fourth-order valence-corrected chi connectivity index (χ4v) is 3.43. The van der Waals surface area contributed by atoms with E-state index in [4.69, 9.17) is 5.73 Å². The van der Waals surface area contributed by atoms with Gasteiger partial charge in [0.2, 0.25) is 0 Å². The van der Waals surface area contributed by atoms with Gasteiger partial charge < -0.3 is 5.73 Å². The molecule has 0 radical (unpaired) electrons. The van der Waals surface area contributed by atoms with Crippen LogP contribution in [0.25, 0.3) is 0 Å². The van der Waals surface area contributed by atoms with Gasteiger partial charge in [-0.15, -0.1) is 0 Å². The Morgan fingerprint density at radius 3 is 2.65 bits per heavy atom. The molecule has 1 aromatic rings.